The van der Waals surface area contributed by atoms with Gasteiger partial charge in [0.1, 0.15) is 18.1 Å². The number of hydrogen-bond donors (Lipinski definition) is 3. The van der Waals surface area contributed by atoms with Crippen molar-refractivity contribution in [2.24, 2.45) is 5.92 Å². The number of aromatic nitrogens is 1. The number of nitrogens with one attached hydrogen (secondary N) is 1. The van der Waals surface area contributed by atoms with Gasteiger partial charge in [-0.1, -0.05) is 29.7 Å². The molecule has 0 spiro atoms. The Labute approximate surface area is 208 Å². The average molecular weight is 492 g/mol. The second kappa shape index (κ2) is 11.4. The summed E-state index contributed by atoms with van der Waals surface area (Å²) in [6, 6.07) is 21.6. The quantitative estimate of drug-likeness (QED) is 0.292. The fourth-order valence-electron chi connectivity index (χ4n) is 3.96. The summed E-state index contributed by atoms with van der Waals surface area (Å²) in [6.45, 7) is 4.59. The first kappa shape index (κ1) is 24.7. The fourth-order valence-corrected chi connectivity index (χ4v) is 4.65. The summed E-state index contributed by atoms with van der Waals surface area (Å²) in [5.74, 6) is 1.20. The molecule has 3 aromatic carbocycles. The van der Waals surface area contributed by atoms with Gasteiger partial charge < -0.3 is 19.7 Å². The number of H-pyrrole nitrogens is 1. The third-order valence-electron chi connectivity index (χ3n) is 5.79. The predicted molar refractivity (Wildman–Crippen MR) is 139 cm³/mol. The molecule has 3 N–H and O–H groups in total. The molecule has 0 unspecified atom stereocenters. The largest absolute Gasteiger partial charge is 0.493 e. The van der Waals surface area contributed by atoms with Crippen LogP contribution < -0.4 is 15.0 Å². The molecule has 0 atom stereocenters. The third-order valence-corrected chi connectivity index (χ3v) is 6.67. The van der Waals surface area contributed by atoms with Crippen molar-refractivity contribution in [3.63, 3.8) is 0 Å². The van der Waals surface area contributed by atoms with E-state index < -0.39 is 0 Å². The molecule has 182 valence electrons. The van der Waals surface area contributed by atoms with E-state index in [9.17, 15) is 15.0 Å². The molecule has 0 saturated carbocycles. The Hall–Kier alpha value is -3.39. The maximum Gasteiger partial charge on any atom is 0.258 e. The molecule has 1 heterocycles. The topological polar surface area (TPSA) is 91.8 Å². The standard InChI is InChI=1S/C28H29NO5S/c1-18-10-25(34-17-21(14-30)15-31)11-19(2)28(18)23-5-3-4-20(12-23)16-33-24-8-6-22(7-9-24)26-13-27(32)29-35-26/h3-13,21,30-31H,14-17H2,1-2H3,(H,29,32). The van der Waals surface area contributed by atoms with Gasteiger partial charge in [-0.15, -0.1) is 0 Å². The van der Waals surface area contributed by atoms with Gasteiger partial charge >= 0.3 is 0 Å². The van der Waals surface area contributed by atoms with E-state index in [0.29, 0.717) is 6.61 Å². The molecule has 1 aromatic heterocycles. The van der Waals surface area contributed by atoms with Crippen LogP contribution in [0.2, 0.25) is 0 Å². The fraction of sp³-hybridized carbons (Fsp3) is 0.250. The van der Waals surface area contributed by atoms with Gasteiger partial charge in [-0.25, -0.2) is 0 Å². The number of aromatic amines is 1. The van der Waals surface area contributed by atoms with Crippen molar-refractivity contribution in [2.75, 3.05) is 19.8 Å². The van der Waals surface area contributed by atoms with Gasteiger partial charge in [0.05, 0.1) is 24.7 Å². The normalized spacial score (nSPS) is 11.1. The van der Waals surface area contributed by atoms with Crippen molar-refractivity contribution >= 4 is 11.5 Å². The second-order valence-corrected chi connectivity index (χ2v) is 9.41. The van der Waals surface area contributed by atoms with Gasteiger partial charge in [-0.2, -0.15) is 0 Å². The van der Waals surface area contributed by atoms with Gasteiger partial charge in [0.15, 0.2) is 0 Å². The zero-order chi connectivity index (χ0) is 24.8. The van der Waals surface area contributed by atoms with Crippen LogP contribution in [0.15, 0.2) is 71.5 Å². The summed E-state index contributed by atoms with van der Waals surface area (Å²) in [5, 5.41) is 18.5. The smallest absolute Gasteiger partial charge is 0.258 e. The Bertz CT molecular complexity index is 1300. The van der Waals surface area contributed by atoms with Crippen molar-refractivity contribution in [1.82, 2.24) is 4.37 Å². The van der Waals surface area contributed by atoms with Crippen molar-refractivity contribution in [3.05, 3.63) is 93.8 Å². The average Bonchev–Trinajstić information content (AvgIpc) is 3.30. The van der Waals surface area contributed by atoms with E-state index in [0.717, 1.165) is 49.8 Å². The minimum atomic E-state index is -0.289. The molecule has 0 saturated heterocycles. The van der Waals surface area contributed by atoms with Crippen molar-refractivity contribution < 1.29 is 19.7 Å². The van der Waals surface area contributed by atoms with Crippen LogP contribution >= 0.6 is 11.5 Å². The SMILES string of the molecule is Cc1cc(OCC(CO)CO)cc(C)c1-c1cccc(COc2ccc(-c3cc(=O)[nH]s3)cc2)c1. The summed E-state index contributed by atoms with van der Waals surface area (Å²) in [7, 11) is 0. The van der Waals surface area contributed by atoms with Gasteiger partial charge in [0.25, 0.3) is 5.56 Å². The van der Waals surface area contributed by atoms with E-state index in [1.165, 1.54) is 11.5 Å². The highest BCUT2D eigenvalue weighted by molar-refractivity contribution is 7.09. The molecule has 4 aromatic rings. The highest BCUT2D eigenvalue weighted by Crippen LogP contribution is 2.32. The van der Waals surface area contributed by atoms with Crippen LogP contribution in [0.25, 0.3) is 21.6 Å². The number of hydrogen-bond acceptors (Lipinski definition) is 6. The maximum absolute atomic E-state index is 11.4. The Balaban J connectivity index is 1.44. The molecule has 0 radical (unpaired) electrons. The summed E-state index contributed by atoms with van der Waals surface area (Å²) < 4.78 is 14.5. The molecule has 0 fully saturated rings. The highest BCUT2D eigenvalue weighted by Gasteiger charge is 2.12. The molecule has 6 nitrogen and oxygen atoms in total. The molecule has 0 aliphatic rings. The first-order valence-corrected chi connectivity index (χ1v) is 12.3. The summed E-state index contributed by atoms with van der Waals surface area (Å²) in [6.07, 6.45) is 0. The minimum absolute atomic E-state index is 0.0881. The Morgan fingerprint density at radius 2 is 1.57 bits per heavy atom. The predicted octanol–water partition coefficient (Wildman–Crippen LogP) is 4.95. The van der Waals surface area contributed by atoms with E-state index in [1.807, 2.05) is 48.5 Å². The van der Waals surface area contributed by atoms with Crippen molar-refractivity contribution in [1.29, 1.82) is 0 Å². The summed E-state index contributed by atoms with van der Waals surface area (Å²) in [5.41, 5.74) is 6.38. The van der Waals surface area contributed by atoms with Crippen molar-refractivity contribution in [2.45, 2.75) is 20.5 Å². The molecular formula is C28H29NO5S. The van der Waals surface area contributed by atoms with Gasteiger partial charge in [0.2, 0.25) is 0 Å². The lowest BCUT2D eigenvalue weighted by Crippen LogP contribution is -2.19. The Morgan fingerprint density at radius 1 is 0.857 bits per heavy atom. The lowest BCUT2D eigenvalue weighted by Gasteiger charge is -2.17. The zero-order valence-electron chi connectivity index (χ0n) is 19.8. The van der Waals surface area contributed by atoms with E-state index >= 15 is 0 Å². The lowest BCUT2D eigenvalue weighted by molar-refractivity contribution is 0.106. The maximum atomic E-state index is 11.4. The molecule has 35 heavy (non-hydrogen) atoms. The van der Waals surface area contributed by atoms with Crippen LogP contribution in [0.4, 0.5) is 0 Å². The number of aliphatic hydroxyl groups is 2. The number of benzene rings is 3. The number of aliphatic hydroxyl groups excluding tert-OH is 2. The van der Waals surface area contributed by atoms with Crippen LogP contribution in [-0.4, -0.2) is 34.4 Å². The highest BCUT2D eigenvalue weighted by atomic mass is 32.1. The Kier molecular flexibility index (Phi) is 8.02. The van der Waals surface area contributed by atoms with Crippen LogP contribution in [0.1, 0.15) is 16.7 Å². The van der Waals surface area contributed by atoms with Crippen LogP contribution in [0, 0.1) is 19.8 Å². The first-order chi connectivity index (χ1) is 17.0. The third kappa shape index (κ3) is 6.19. The molecular weight excluding hydrogens is 462 g/mol. The lowest BCUT2D eigenvalue weighted by atomic mass is 9.94. The van der Waals surface area contributed by atoms with E-state index in [-0.39, 0.29) is 31.3 Å². The zero-order valence-corrected chi connectivity index (χ0v) is 20.6. The van der Waals surface area contributed by atoms with E-state index in [4.69, 9.17) is 9.47 Å². The van der Waals surface area contributed by atoms with Gasteiger partial charge in [0, 0.05) is 12.0 Å². The Morgan fingerprint density at radius 3 is 2.20 bits per heavy atom. The van der Waals surface area contributed by atoms with Gasteiger partial charge in [-0.05, 0) is 89.7 Å². The second-order valence-electron chi connectivity index (χ2n) is 8.56. The monoisotopic (exact) mass is 491 g/mol. The summed E-state index contributed by atoms with van der Waals surface area (Å²) >= 11 is 1.32. The molecule has 0 aliphatic heterocycles. The van der Waals surface area contributed by atoms with Gasteiger partial charge in [-0.3, -0.25) is 9.17 Å². The molecule has 0 bridgehead atoms. The summed E-state index contributed by atoms with van der Waals surface area (Å²) in [4.78, 5) is 12.3. The van der Waals surface area contributed by atoms with Crippen LogP contribution in [-0.2, 0) is 6.61 Å². The molecule has 0 amide bonds. The van der Waals surface area contributed by atoms with Crippen LogP contribution in [0.5, 0.6) is 11.5 Å². The van der Waals surface area contributed by atoms with Crippen LogP contribution in [0.3, 0.4) is 0 Å². The number of ether oxygens (including phenoxy) is 2. The molecule has 7 heteroatoms. The molecule has 0 aliphatic carbocycles. The first-order valence-electron chi connectivity index (χ1n) is 11.4. The molecule has 4 rings (SSSR count). The minimum Gasteiger partial charge on any atom is -0.493 e. The number of aryl methyl sites for hydroxylation is 2. The van der Waals surface area contributed by atoms with E-state index in [1.54, 1.807) is 6.07 Å². The van der Waals surface area contributed by atoms with Crippen molar-refractivity contribution in [3.8, 4) is 33.1 Å². The van der Waals surface area contributed by atoms with E-state index in [2.05, 4.69) is 30.4 Å². The number of rotatable bonds is 10.